The van der Waals surface area contributed by atoms with Crippen LogP contribution in [0.25, 0.3) is 0 Å². The molecule has 0 aliphatic carbocycles. The zero-order chi connectivity index (χ0) is 19.4. The number of ether oxygens (including phenoxy) is 1. The van der Waals surface area contributed by atoms with Crippen molar-refractivity contribution in [1.82, 2.24) is 8.61 Å². The molecular weight excluding hydrogens is 388 g/mol. The molecule has 0 unspecified atom stereocenters. The number of benzene rings is 2. The number of halogens is 1. The van der Waals surface area contributed by atoms with Gasteiger partial charge in [-0.1, -0.05) is 29.8 Å². The number of carbonyl (C=O) groups excluding carboxylic acids is 1. The molecule has 0 saturated carbocycles. The number of hydrogen-bond acceptors (Lipinski definition) is 4. The van der Waals surface area contributed by atoms with Crippen LogP contribution in [0.5, 0.6) is 5.75 Å². The first kappa shape index (κ1) is 19.8. The van der Waals surface area contributed by atoms with Gasteiger partial charge in [-0.3, -0.25) is 4.79 Å². The first-order valence-electron chi connectivity index (χ1n) is 8.56. The largest absolute Gasteiger partial charge is 0.496 e. The fraction of sp³-hybridized carbons (Fsp3) is 0.316. The lowest BCUT2D eigenvalue weighted by Crippen LogP contribution is -2.48. The number of aldehydes is 1. The second-order valence-electron chi connectivity index (χ2n) is 6.31. The molecule has 0 atom stereocenters. The molecule has 6 nitrogen and oxygen atoms in total. The average molecular weight is 409 g/mol. The van der Waals surface area contributed by atoms with Gasteiger partial charge in [0.1, 0.15) is 12.0 Å². The van der Waals surface area contributed by atoms with Crippen molar-refractivity contribution >= 4 is 28.1 Å². The third-order valence-electron chi connectivity index (χ3n) is 4.56. The van der Waals surface area contributed by atoms with Crippen LogP contribution < -0.4 is 4.74 Å². The minimum Gasteiger partial charge on any atom is -0.496 e. The van der Waals surface area contributed by atoms with E-state index in [0.29, 0.717) is 41.4 Å². The molecular formula is C19H21ClN2O4S. The summed E-state index contributed by atoms with van der Waals surface area (Å²) < 4.78 is 34.4. The summed E-state index contributed by atoms with van der Waals surface area (Å²) in [5.41, 5.74) is 1.91. The molecule has 1 fully saturated rings. The normalized spacial score (nSPS) is 17.6. The lowest BCUT2D eigenvalue weighted by molar-refractivity contribution is 0.112. The Morgan fingerprint density at radius 1 is 1.07 bits per heavy atom. The fourth-order valence-electron chi connectivity index (χ4n) is 3.14. The predicted octanol–water partition coefficient (Wildman–Crippen LogP) is 3.11. The van der Waals surface area contributed by atoms with Crippen molar-refractivity contribution < 1.29 is 17.9 Å². The van der Waals surface area contributed by atoms with Crippen LogP contribution in [-0.4, -0.2) is 43.5 Å². The molecule has 0 amide bonds. The maximum Gasteiger partial charge on any atom is 0.282 e. The van der Waals surface area contributed by atoms with Crippen molar-refractivity contribution in [1.29, 1.82) is 0 Å². The molecule has 144 valence electrons. The maximum atomic E-state index is 13.1. The minimum absolute atomic E-state index is 0.145. The van der Waals surface area contributed by atoms with Crippen molar-refractivity contribution in [2.24, 2.45) is 0 Å². The quantitative estimate of drug-likeness (QED) is 0.689. The second-order valence-corrected chi connectivity index (χ2v) is 8.64. The summed E-state index contributed by atoms with van der Waals surface area (Å²) in [5, 5.41) is 0.546. The molecule has 3 rings (SSSR count). The Morgan fingerprint density at radius 3 is 2.37 bits per heavy atom. The lowest BCUT2D eigenvalue weighted by atomic mass is 10.1. The third-order valence-corrected chi connectivity index (χ3v) is 6.86. The van der Waals surface area contributed by atoms with E-state index >= 15 is 0 Å². The zero-order valence-corrected chi connectivity index (χ0v) is 16.5. The van der Waals surface area contributed by atoms with Gasteiger partial charge in [0.25, 0.3) is 10.2 Å². The standard InChI is InChI=1S/C19H21ClN2O4S/c1-26-19-8-7-15(14-23)11-17(19)13-22-10-4-9-21(27(22,24)25)12-16-5-2-3-6-18(16)20/h2-3,5-8,11,14H,4,9-10,12-13H2,1H3. The summed E-state index contributed by atoms with van der Waals surface area (Å²) in [6.45, 7) is 1.22. The topological polar surface area (TPSA) is 66.9 Å². The number of hydrogen-bond donors (Lipinski definition) is 0. The van der Waals surface area contributed by atoms with Crippen LogP contribution in [0.3, 0.4) is 0 Å². The van der Waals surface area contributed by atoms with Gasteiger partial charge in [0.05, 0.1) is 7.11 Å². The summed E-state index contributed by atoms with van der Waals surface area (Å²) in [7, 11) is -2.14. The van der Waals surface area contributed by atoms with E-state index < -0.39 is 10.2 Å². The summed E-state index contributed by atoms with van der Waals surface area (Å²) >= 11 is 6.19. The van der Waals surface area contributed by atoms with Crippen LogP contribution in [-0.2, 0) is 23.3 Å². The van der Waals surface area contributed by atoms with E-state index in [0.717, 1.165) is 11.8 Å². The Bertz CT molecular complexity index is 933. The van der Waals surface area contributed by atoms with Gasteiger partial charge < -0.3 is 4.74 Å². The summed E-state index contributed by atoms with van der Waals surface area (Å²) in [6.07, 6.45) is 1.44. The van der Waals surface area contributed by atoms with Crippen LogP contribution in [0, 0.1) is 0 Å². The summed E-state index contributed by atoms with van der Waals surface area (Å²) in [6, 6.07) is 12.2. The zero-order valence-electron chi connectivity index (χ0n) is 15.0. The SMILES string of the molecule is COc1ccc(C=O)cc1CN1CCCN(Cc2ccccc2Cl)S1(=O)=O. The molecule has 0 N–H and O–H groups in total. The Labute approximate surface area is 164 Å². The van der Waals surface area contributed by atoms with Crippen LogP contribution >= 0.6 is 11.6 Å². The van der Waals surface area contributed by atoms with Gasteiger partial charge in [0, 0.05) is 42.3 Å². The number of methoxy groups -OCH3 is 1. The van der Waals surface area contributed by atoms with Crippen LogP contribution in [0.1, 0.15) is 27.9 Å². The second kappa shape index (κ2) is 8.39. The van der Waals surface area contributed by atoms with Crippen molar-refractivity contribution in [3.63, 3.8) is 0 Å². The summed E-state index contributed by atoms with van der Waals surface area (Å²) in [5.74, 6) is 0.555. The monoisotopic (exact) mass is 408 g/mol. The first-order chi connectivity index (χ1) is 13.0. The molecule has 0 spiro atoms. The van der Waals surface area contributed by atoms with E-state index in [4.69, 9.17) is 16.3 Å². The summed E-state index contributed by atoms with van der Waals surface area (Å²) in [4.78, 5) is 11.1. The average Bonchev–Trinajstić information content (AvgIpc) is 2.66. The molecule has 1 saturated heterocycles. The molecule has 2 aromatic rings. The Morgan fingerprint density at radius 2 is 1.74 bits per heavy atom. The van der Waals surface area contributed by atoms with Gasteiger partial charge in [-0.05, 0) is 36.2 Å². The van der Waals surface area contributed by atoms with Crippen LogP contribution in [0.15, 0.2) is 42.5 Å². The van der Waals surface area contributed by atoms with Gasteiger partial charge in [0.2, 0.25) is 0 Å². The van der Waals surface area contributed by atoms with E-state index in [9.17, 15) is 13.2 Å². The van der Waals surface area contributed by atoms with E-state index in [-0.39, 0.29) is 13.1 Å². The molecule has 8 heteroatoms. The number of rotatable bonds is 6. The molecule has 27 heavy (non-hydrogen) atoms. The van der Waals surface area contributed by atoms with E-state index in [1.165, 1.54) is 15.7 Å². The first-order valence-corrected chi connectivity index (χ1v) is 10.3. The van der Waals surface area contributed by atoms with Gasteiger partial charge in [-0.2, -0.15) is 17.0 Å². The smallest absolute Gasteiger partial charge is 0.282 e. The maximum absolute atomic E-state index is 13.1. The highest BCUT2D eigenvalue weighted by atomic mass is 35.5. The highest BCUT2D eigenvalue weighted by Gasteiger charge is 2.34. The molecule has 1 heterocycles. The van der Waals surface area contributed by atoms with Crippen LogP contribution in [0.2, 0.25) is 5.02 Å². The predicted molar refractivity (Wildman–Crippen MR) is 104 cm³/mol. The molecule has 1 aliphatic heterocycles. The fourth-order valence-corrected chi connectivity index (χ4v) is 4.99. The third kappa shape index (κ3) is 4.32. The number of nitrogens with zero attached hydrogens (tertiary/aromatic N) is 2. The van der Waals surface area contributed by atoms with Crippen LogP contribution in [0.4, 0.5) is 0 Å². The lowest BCUT2D eigenvalue weighted by Gasteiger charge is -2.35. The van der Waals surface area contributed by atoms with Crippen molar-refractivity contribution in [3.05, 3.63) is 64.2 Å². The van der Waals surface area contributed by atoms with E-state index in [1.807, 2.05) is 18.2 Å². The van der Waals surface area contributed by atoms with Gasteiger partial charge >= 0.3 is 0 Å². The van der Waals surface area contributed by atoms with E-state index in [2.05, 4.69) is 0 Å². The Balaban J connectivity index is 1.85. The van der Waals surface area contributed by atoms with Gasteiger partial charge in [-0.25, -0.2) is 0 Å². The Kier molecular flexibility index (Phi) is 6.16. The van der Waals surface area contributed by atoms with Crippen molar-refractivity contribution in [3.8, 4) is 5.75 Å². The molecule has 1 aliphatic rings. The Hall–Kier alpha value is -1.93. The highest BCUT2D eigenvalue weighted by molar-refractivity contribution is 7.86. The molecule has 2 aromatic carbocycles. The van der Waals surface area contributed by atoms with Crippen molar-refractivity contribution in [2.75, 3.05) is 20.2 Å². The van der Waals surface area contributed by atoms with Gasteiger partial charge in [0.15, 0.2) is 0 Å². The molecule has 0 bridgehead atoms. The minimum atomic E-state index is -3.66. The van der Waals surface area contributed by atoms with Gasteiger partial charge in [-0.15, -0.1) is 0 Å². The highest BCUT2D eigenvalue weighted by Crippen LogP contribution is 2.27. The molecule has 0 aromatic heterocycles. The van der Waals surface area contributed by atoms with Crippen molar-refractivity contribution in [2.45, 2.75) is 19.5 Å². The number of carbonyl (C=O) groups is 1. The molecule has 0 radical (unpaired) electrons. The van der Waals surface area contributed by atoms with E-state index in [1.54, 1.807) is 24.3 Å².